The number of nitrogens with one attached hydrogen (secondary N) is 1. The first-order valence-corrected chi connectivity index (χ1v) is 10.2. The molecule has 1 N–H and O–H groups in total. The van der Waals surface area contributed by atoms with Crippen LogP contribution in [0.25, 0.3) is 0 Å². The predicted octanol–water partition coefficient (Wildman–Crippen LogP) is 2.63. The monoisotopic (exact) mass is 386 g/mol. The molecule has 7 heteroatoms. The number of anilines is 1. The van der Waals surface area contributed by atoms with Gasteiger partial charge in [0, 0.05) is 12.1 Å². The zero-order chi connectivity index (χ0) is 19.8. The van der Waals surface area contributed by atoms with E-state index in [1.807, 2.05) is 31.2 Å². The number of nitrogens with zero attached hydrogens (tertiary/aromatic N) is 1. The molecule has 0 atom stereocenters. The zero-order valence-corrected chi connectivity index (χ0v) is 16.3. The fourth-order valence-electron chi connectivity index (χ4n) is 3.10. The maximum Gasteiger partial charge on any atom is 0.251 e. The van der Waals surface area contributed by atoms with Gasteiger partial charge in [-0.15, -0.1) is 0 Å². The number of benzene rings is 2. The van der Waals surface area contributed by atoms with Crippen LogP contribution >= 0.6 is 0 Å². The SMILES string of the molecule is Cc1ccccc1CNC(=O)c1ccc(N2C(=O)C(C)(C)CS2(=O)=O)cc1. The van der Waals surface area contributed by atoms with Gasteiger partial charge in [-0.3, -0.25) is 9.59 Å². The van der Waals surface area contributed by atoms with Gasteiger partial charge >= 0.3 is 0 Å². The Kier molecular flexibility index (Phi) is 4.82. The van der Waals surface area contributed by atoms with Crippen LogP contribution in [-0.2, 0) is 21.4 Å². The van der Waals surface area contributed by atoms with Crippen LogP contribution in [0.4, 0.5) is 5.69 Å². The maximum absolute atomic E-state index is 12.4. The highest BCUT2D eigenvalue weighted by Crippen LogP contribution is 2.35. The topological polar surface area (TPSA) is 83.6 Å². The number of hydrogen-bond donors (Lipinski definition) is 1. The molecule has 0 aromatic heterocycles. The van der Waals surface area contributed by atoms with Gasteiger partial charge in [0.1, 0.15) is 0 Å². The molecule has 2 aromatic carbocycles. The van der Waals surface area contributed by atoms with Gasteiger partial charge in [-0.1, -0.05) is 24.3 Å². The van der Waals surface area contributed by atoms with Crippen molar-refractivity contribution in [2.45, 2.75) is 27.3 Å². The van der Waals surface area contributed by atoms with Gasteiger partial charge in [0.05, 0.1) is 16.9 Å². The molecular formula is C20H22N2O4S. The lowest BCUT2D eigenvalue weighted by atomic mass is 9.95. The van der Waals surface area contributed by atoms with Crippen LogP contribution in [0, 0.1) is 12.3 Å². The lowest BCUT2D eigenvalue weighted by Crippen LogP contribution is -2.33. The van der Waals surface area contributed by atoms with Gasteiger partial charge in [-0.2, -0.15) is 0 Å². The van der Waals surface area contributed by atoms with Crippen molar-refractivity contribution in [1.29, 1.82) is 0 Å². The molecule has 0 spiro atoms. The minimum atomic E-state index is -3.70. The van der Waals surface area contributed by atoms with E-state index < -0.39 is 21.3 Å². The second-order valence-corrected chi connectivity index (χ2v) is 9.18. The molecule has 0 saturated carbocycles. The summed E-state index contributed by atoms with van der Waals surface area (Å²) in [6.45, 7) is 5.60. The van der Waals surface area contributed by atoms with Gasteiger partial charge in [0.2, 0.25) is 15.9 Å². The molecule has 3 rings (SSSR count). The molecule has 1 fully saturated rings. The zero-order valence-electron chi connectivity index (χ0n) is 15.5. The van der Waals surface area contributed by atoms with E-state index in [0.29, 0.717) is 12.1 Å². The molecule has 142 valence electrons. The molecular weight excluding hydrogens is 364 g/mol. The van der Waals surface area contributed by atoms with Crippen molar-refractivity contribution in [2.75, 3.05) is 10.1 Å². The minimum Gasteiger partial charge on any atom is -0.348 e. The van der Waals surface area contributed by atoms with Crippen LogP contribution < -0.4 is 9.62 Å². The third-order valence-electron chi connectivity index (χ3n) is 4.65. The molecule has 2 amide bonds. The van der Waals surface area contributed by atoms with Crippen LogP contribution in [0.5, 0.6) is 0 Å². The van der Waals surface area contributed by atoms with Crippen molar-refractivity contribution in [3.05, 3.63) is 65.2 Å². The van der Waals surface area contributed by atoms with Crippen molar-refractivity contribution >= 4 is 27.5 Å². The van der Waals surface area contributed by atoms with E-state index in [1.54, 1.807) is 13.8 Å². The quantitative estimate of drug-likeness (QED) is 0.876. The van der Waals surface area contributed by atoms with Crippen molar-refractivity contribution in [3.8, 4) is 0 Å². The normalized spacial score (nSPS) is 17.7. The fraction of sp³-hybridized carbons (Fsp3) is 0.300. The number of hydrogen-bond acceptors (Lipinski definition) is 4. The number of carbonyl (C=O) groups is 2. The number of carbonyl (C=O) groups excluding carboxylic acids is 2. The summed E-state index contributed by atoms with van der Waals surface area (Å²) < 4.78 is 25.5. The lowest BCUT2D eigenvalue weighted by molar-refractivity contribution is -0.123. The molecule has 1 aliphatic rings. The molecule has 0 unspecified atom stereocenters. The number of sulfonamides is 1. The van der Waals surface area contributed by atoms with Gasteiger partial charge in [0.15, 0.2) is 0 Å². The summed E-state index contributed by atoms with van der Waals surface area (Å²) in [5.41, 5.74) is 1.81. The maximum atomic E-state index is 12.4. The summed E-state index contributed by atoms with van der Waals surface area (Å²) in [6.07, 6.45) is 0. The first-order chi connectivity index (χ1) is 12.6. The molecule has 0 radical (unpaired) electrons. The Morgan fingerprint density at radius 2 is 1.74 bits per heavy atom. The Morgan fingerprint density at radius 1 is 1.11 bits per heavy atom. The highest BCUT2D eigenvalue weighted by atomic mass is 32.2. The third-order valence-corrected chi connectivity index (χ3v) is 6.67. The van der Waals surface area contributed by atoms with E-state index in [9.17, 15) is 18.0 Å². The Balaban J connectivity index is 1.75. The second-order valence-electron chi connectivity index (χ2n) is 7.37. The minimum absolute atomic E-state index is 0.225. The smallest absolute Gasteiger partial charge is 0.251 e. The predicted molar refractivity (Wildman–Crippen MR) is 104 cm³/mol. The standard InChI is InChI=1S/C20H22N2O4S/c1-14-6-4-5-7-16(14)12-21-18(23)15-8-10-17(11-9-15)22-19(24)20(2,3)13-27(22,25)26/h4-11H,12-13H2,1-3H3,(H,21,23). The largest absolute Gasteiger partial charge is 0.348 e. The molecule has 0 aliphatic carbocycles. The van der Waals surface area contributed by atoms with Crippen molar-refractivity contribution in [3.63, 3.8) is 0 Å². The highest BCUT2D eigenvalue weighted by Gasteiger charge is 2.49. The second kappa shape index (κ2) is 6.81. The number of amides is 2. The van der Waals surface area contributed by atoms with Crippen LogP contribution in [0.2, 0.25) is 0 Å². The molecule has 27 heavy (non-hydrogen) atoms. The Labute approximate surface area is 159 Å². The van der Waals surface area contributed by atoms with Crippen molar-refractivity contribution in [2.24, 2.45) is 5.41 Å². The Bertz CT molecular complexity index is 995. The summed E-state index contributed by atoms with van der Waals surface area (Å²) in [5.74, 6) is -0.947. The van der Waals surface area contributed by atoms with Gasteiger partial charge in [-0.25, -0.2) is 12.7 Å². The van der Waals surface area contributed by atoms with E-state index in [1.165, 1.54) is 24.3 Å². The summed E-state index contributed by atoms with van der Waals surface area (Å²) in [5, 5.41) is 2.85. The van der Waals surface area contributed by atoms with Crippen molar-refractivity contribution < 1.29 is 18.0 Å². The average Bonchev–Trinajstić information content (AvgIpc) is 2.77. The van der Waals surface area contributed by atoms with E-state index in [-0.39, 0.29) is 17.3 Å². The number of aryl methyl sites for hydroxylation is 1. The van der Waals surface area contributed by atoms with E-state index in [2.05, 4.69) is 5.32 Å². The summed E-state index contributed by atoms with van der Waals surface area (Å²) in [6, 6.07) is 13.8. The molecule has 0 bridgehead atoms. The fourth-order valence-corrected chi connectivity index (χ4v) is 5.20. The Hall–Kier alpha value is -2.67. The molecule has 1 heterocycles. The van der Waals surface area contributed by atoms with Crippen LogP contribution in [0.15, 0.2) is 48.5 Å². The number of rotatable bonds is 4. The molecule has 6 nitrogen and oxygen atoms in total. The molecule has 1 aliphatic heterocycles. The van der Waals surface area contributed by atoms with Gasteiger partial charge in [0.25, 0.3) is 5.91 Å². The third kappa shape index (κ3) is 3.73. The average molecular weight is 386 g/mol. The lowest BCUT2D eigenvalue weighted by Gasteiger charge is -2.17. The summed E-state index contributed by atoms with van der Waals surface area (Å²) in [4.78, 5) is 24.8. The van der Waals surface area contributed by atoms with Crippen LogP contribution in [0.1, 0.15) is 35.3 Å². The van der Waals surface area contributed by atoms with Gasteiger partial charge in [-0.05, 0) is 56.2 Å². The van der Waals surface area contributed by atoms with Crippen LogP contribution in [-0.4, -0.2) is 26.0 Å². The summed E-state index contributed by atoms with van der Waals surface area (Å²) in [7, 11) is -3.70. The highest BCUT2D eigenvalue weighted by molar-refractivity contribution is 7.94. The Morgan fingerprint density at radius 3 is 2.30 bits per heavy atom. The van der Waals surface area contributed by atoms with E-state index in [0.717, 1.165) is 15.4 Å². The van der Waals surface area contributed by atoms with E-state index in [4.69, 9.17) is 0 Å². The first kappa shape index (κ1) is 19.1. The molecule has 1 saturated heterocycles. The first-order valence-electron chi connectivity index (χ1n) is 8.62. The summed E-state index contributed by atoms with van der Waals surface area (Å²) >= 11 is 0. The van der Waals surface area contributed by atoms with E-state index >= 15 is 0 Å². The van der Waals surface area contributed by atoms with Crippen molar-refractivity contribution in [1.82, 2.24) is 5.32 Å². The van der Waals surface area contributed by atoms with Gasteiger partial charge < -0.3 is 5.32 Å². The van der Waals surface area contributed by atoms with Crippen LogP contribution in [0.3, 0.4) is 0 Å². The molecule has 2 aromatic rings.